The molecule has 0 aromatic rings. The van der Waals surface area contributed by atoms with Crippen LogP contribution in [0.1, 0.15) is 0 Å². The van der Waals surface area contributed by atoms with Crippen molar-refractivity contribution in [3.05, 3.63) is 0 Å². The highest BCUT2D eigenvalue weighted by molar-refractivity contribution is 7.91. The molecule has 0 radical (unpaired) electrons. The van der Waals surface area contributed by atoms with Gasteiger partial charge in [-0.05, 0) is 12.2 Å². The Morgan fingerprint density at radius 2 is 2.25 bits per heavy atom. The van der Waals surface area contributed by atoms with E-state index in [4.69, 9.17) is 17.1 Å². The fourth-order valence-corrected chi connectivity index (χ4v) is 3.37. The van der Waals surface area contributed by atoms with E-state index in [9.17, 15) is 8.42 Å². The molecule has 2 N–H and O–H groups in total. The maximum atomic E-state index is 11.1. The zero-order chi connectivity index (χ0) is 8.77. The molecule has 2 rings (SSSR count). The number of hydroxylamine groups is 1. The maximum absolute atomic E-state index is 11.1. The SMILES string of the molecule is O=S1(=O)C[C@@H]2NC(=S)NO[C@H]2C1. The Morgan fingerprint density at radius 1 is 1.50 bits per heavy atom. The second-order valence-electron chi connectivity index (χ2n) is 2.92. The highest BCUT2D eigenvalue weighted by Gasteiger charge is 2.41. The molecule has 68 valence electrons. The summed E-state index contributed by atoms with van der Waals surface area (Å²) in [5.41, 5.74) is 2.45. The highest BCUT2D eigenvalue weighted by Crippen LogP contribution is 2.16. The molecule has 0 unspecified atom stereocenters. The van der Waals surface area contributed by atoms with E-state index in [0.717, 1.165) is 0 Å². The van der Waals surface area contributed by atoms with Crippen LogP contribution in [-0.2, 0) is 14.7 Å². The molecule has 2 heterocycles. The van der Waals surface area contributed by atoms with Crippen molar-refractivity contribution < 1.29 is 13.3 Å². The normalized spacial score (nSPS) is 38.2. The molecule has 2 atom stereocenters. The van der Waals surface area contributed by atoms with Crippen LogP contribution in [-0.4, -0.2) is 37.2 Å². The predicted molar refractivity (Wildman–Crippen MR) is 46.2 cm³/mol. The van der Waals surface area contributed by atoms with E-state index >= 15 is 0 Å². The quantitative estimate of drug-likeness (QED) is 0.475. The number of sulfone groups is 1. The molecule has 0 aromatic heterocycles. The van der Waals surface area contributed by atoms with Gasteiger partial charge in [-0.15, -0.1) is 0 Å². The monoisotopic (exact) mass is 208 g/mol. The van der Waals surface area contributed by atoms with E-state index in [1.54, 1.807) is 0 Å². The van der Waals surface area contributed by atoms with Crippen LogP contribution >= 0.6 is 12.2 Å². The summed E-state index contributed by atoms with van der Waals surface area (Å²) < 4.78 is 22.2. The minimum absolute atomic E-state index is 0.0697. The van der Waals surface area contributed by atoms with Crippen molar-refractivity contribution in [2.45, 2.75) is 12.1 Å². The molecule has 0 bridgehead atoms. The van der Waals surface area contributed by atoms with Crippen LogP contribution in [0, 0.1) is 0 Å². The first kappa shape index (κ1) is 8.21. The summed E-state index contributed by atoms with van der Waals surface area (Å²) in [6.45, 7) is 0. The second kappa shape index (κ2) is 2.54. The van der Waals surface area contributed by atoms with Gasteiger partial charge in [0.05, 0.1) is 17.5 Å². The molecule has 2 aliphatic rings. The summed E-state index contributed by atoms with van der Waals surface area (Å²) in [6, 6.07) is -0.177. The van der Waals surface area contributed by atoms with Gasteiger partial charge in [-0.3, -0.25) is 4.84 Å². The van der Waals surface area contributed by atoms with Crippen LogP contribution in [0.15, 0.2) is 0 Å². The number of hydrogen-bond acceptors (Lipinski definition) is 4. The third kappa shape index (κ3) is 1.39. The van der Waals surface area contributed by atoms with Crippen LogP contribution in [0.4, 0.5) is 0 Å². The average molecular weight is 208 g/mol. The molecular weight excluding hydrogens is 200 g/mol. The van der Waals surface area contributed by atoms with Crippen molar-refractivity contribution in [1.82, 2.24) is 10.8 Å². The summed E-state index contributed by atoms with van der Waals surface area (Å²) in [7, 11) is -2.94. The lowest BCUT2D eigenvalue weighted by molar-refractivity contribution is -0.00413. The van der Waals surface area contributed by atoms with Gasteiger partial charge in [0.15, 0.2) is 14.9 Å². The van der Waals surface area contributed by atoms with E-state index in [0.29, 0.717) is 5.11 Å². The molecule has 5 nitrogen and oxygen atoms in total. The summed E-state index contributed by atoms with van der Waals surface area (Å²) in [4.78, 5) is 5.02. The van der Waals surface area contributed by atoms with Gasteiger partial charge in [0.25, 0.3) is 0 Å². The molecule has 0 aliphatic carbocycles. The summed E-state index contributed by atoms with van der Waals surface area (Å²) in [6.07, 6.45) is -0.304. The molecule has 12 heavy (non-hydrogen) atoms. The fourth-order valence-electron chi connectivity index (χ4n) is 1.39. The van der Waals surface area contributed by atoms with Crippen LogP contribution in [0.2, 0.25) is 0 Å². The number of thiocarbonyl (C=S) groups is 1. The van der Waals surface area contributed by atoms with Crippen LogP contribution < -0.4 is 10.8 Å². The first-order valence-electron chi connectivity index (χ1n) is 3.49. The molecule has 0 amide bonds. The second-order valence-corrected chi connectivity index (χ2v) is 5.48. The molecule has 7 heteroatoms. The molecule has 2 aliphatic heterocycles. The smallest absolute Gasteiger partial charge is 0.190 e. The molecule has 2 fully saturated rings. The minimum Gasteiger partial charge on any atom is -0.355 e. The average Bonchev–Trinajstić information content (AvgIpc) is 2.21. The summed E-state index contributed by atoms with van der Waals surface area (Å²) >= 11 is 4.76. The molecule has 2 saturated heterocycles. The van der Waals surface area contributed by atoms with E-state index in [1.807, 2.05) is 0 Å². The van der Waals surface area contributed by atoms with Gasteiger partial charge in [-0.2, -0.15) is 0 Å². The molecule has 0 spiro atoms. The van der Waals surface area contributed by atoms with Crippen molar-refractivity contribution in [3.63, 3.8) is 0 Å². The third-order valence-electron chi connectivity index (χ3n) is 1.92. The minimum atomic E-state index is -2.94. The van der Waals surface area contributed by atoms with E-state index in [2.05, 4.69) is 10.8 Å². The third-order valence-corrected chi connectivity index (χ3v) is 3.82. The van der Waals surface area contributed by atoms with E-state index in [1.165, 1.54) is 0 Å². The van der Waals surface area contributed by atoms with E-state index in [-0.39, 0.29) is 23.7 Å². The summed E-state index contributed by atoms with van der Waals surface area (Å²) in [5, 5.41) is 3.21. The lowest BCUT2D eigenvalue weighted by atomic mass is 10.2. The Hall–Kier alpha value is -0.400. The van der Waals surface area contributed by atoms with E-state index < -0.39 is 9.84 Å². The maximum Gasteiger partial charge on any atom is 0.190 e. The number of rotatable bonds is 0. The number of hydrogen-bond donors (Lipinski definition) is 2. The zero-order valence-electron chi connectivity index (χ0n) is 6.11. The van der Waals surface area contributed by atoms with Crippen molar-refractivity contribution in [3.8, 4) is 0 Å². The first-order valence-corrected chi connectivity index (χ1v) is 5.72. The van der Waals surface area contributed by atoms with Gasteiger partial charge in [0.1, 0.15) is 6.10 Å². The van der Waals surface area contributed by atoms with Gasteiger partial charge in [0.2, 0.25) is 0 Å². The Balaban J connectivity index is 2.17. The van der Waals surface area contributed by atoms with Crippen LogP contribution in [0.3, 0.4) is 0 Å². The zero-order valence-corrected chi connectivity index (χ0v) is 7.74. The topological polar surface area (TPSA) is 67.4 Å². The Kier molecular flexibility index (Phi) is 1.74. The highest BCUT2D eigenvalue weighted by atomic mass is 32.2. The lowest BCUT2D eigenvalue weighted by Gasteiger charge is -2.27. The van der Waals surface area contributed by atoms with Crippen LogP contribution in [0.5, 0.6) is 0 Å². The van der Waals surface area contributed by atoms with Gasteiger partial charge >= 0.3 is 0 Å². The van der Waals surface area contributed by atoms with Gasteiger partial charge in [-0.1, -0.05) is 0 Å². The van der Waals surface area contributed by atoms with Crippen molar-refractivity contribution >= 4 is 27.2 Å². The van der Waals surface area contributed by atoms with Crippen molar-refractivity contribution in [2.75, 3.05) is 11.5 Å². The first-order chi connectivity index (χ1) is 5.57. The summed E-state index contributed by atoms with van der Waals surface area (Å²) in [5.74, 6) is 0.180. The standard InChI is InChI=1S/C5H8N2O3S2/c8-12(9)1-3-4(2-12)10-7-5(11)6-3/h3-4H,1-2H2,(H2,6,7,11)/t3-,4-/m0/s1. The Labute approximate surface area is 75.3 Å². The molecular formula is C5H8N2O3S2. The Morgan fingerprint density at radius 3 is 3.00 bits per heavy atom. The van der Waals surface area contributed by atoms with Crippen molar-refractivity contribution in [2.24, 2.45) is 0 Å². The number of nitrogens with one attached hydrogen (secondary N) is 2. The van der Waals surface area contributed by atoms with Gasteiger partial charge in [-0.25, -0.2) is 13.9 Å². The van der Waals surface area contributed by atoms with Gasteiger partial charge < -0.3 is 5.32 Å². The number of fused-ring (bicyclic) bond motifs is 1. The Bertz CT molecular complexity index is 313. The van der Waals surface area contributed by atoms with Crippen LogP contribution in [0.25, 0.3) is 0 Å². The fraction of sp³-hybridized carbons (Fsp3) is 0.800. The molecule has 0 aromatic carbocycles. The largest absolute Gasteiger partial charge is 0.355 e. The predicted octanol–water partition coefficient (Wildman–Crippen LogP) is -1.44. The lowest BCUT2D eigenvalue weighted by Crippen LogP contribution is -2.55. The van der Waals surface area contributed by atoms with Crippen molar-refractivity contribution in [1.29, 1.82) is 0 Å². The van der Waals surface area contributed by atoms with Gasteiger partial charge in [0, 0.05) is 0 Å². The molecule has 0 saturated carbocycles.